The Hall–Kier alpha value is -2.30. The highest BCUT2D eigenvalue weighted by Gasteiger charge is 2.23. The Kier molecular flexibility index (Phi) is 17.7. The van der Waals surface area contributed by atoms with Gasteiger partial charge in [-0.05, 0) is 52.9 Å². The molecule has 0 unspecified atom stereocenters. The maximum absolute atomic E-state index is 6.41. The maximum Gasteiger partial charge on any atom is 0.137 e. The van der Waals surface area contributed by atoms with Crippen LogP contribution in [0.2, 0.25) is 0 Å². The minimum absolute atomic E-state index is 0.793. The first-order chi connectivity index (χ1) is 22.8. The lowest BCUT2D eigenvalue weighted by molar-refractivity contribution is 0.306. The van der Waals surface area contributed by atoms with Gasteiger partial charge in [0.05, 0.1) is 23.0 Å². The Morgan fingerprint density at radius 1 is 0.413 bits per heavy atom. The second kappa shape index (κ2) is 22.3. The molecule has 0 spiro atoms. The smallest absolute Gasteiger partial charge is 0.137 e. The fourth-order valence-electron chi connectivity index (χ4n) is 6.45. The fraction of sp³-hybridized carbons (Fsp3) is 0.571. The maximum atomic E-state index is 6.41. The van der Waals surface area contributed by atoms with E-state index < -0.39 is 0 Å². The molecule has 252 valence electrons. The van der Waals surface area contributed by atoms with Gasteiger partial charge < -0.3 is 9.47 Å². The van der Waals surface area contributed by atoms with Crippen molar-refractivity contribution in [2.75, 3.05) is 13.2 Å². The van der Waals surface area contributed by atoms with E-state index in [0.29, 0.717) is 0 Å². The van der Waals surface area contributed by atoms with Crippen LogP contribution < -0.4 is 9.47 Å². The monoisotopic (exact) mass is 660 g/mol. The number of hydrogen-bond acceptors (Lipinski definition) is 4. The molecule has 4 heteroatoms. The first kappa shape index (κ1) is 36.5. The topological polar surface area (TPSA) is 18.5 Å². The molecule has 0 aliphatic heterocycles. The number of ether oxygens (including phenoxy) is 2. The van der Waals surface area contributed by atoms with Crippen LogP contribution in [0.5, 0.6) is 11.5 Å². The van der Waals surface area contributed by atoms with Crippen LogP contribution in [0.3, 0.4) is 0 Å². The van der Waals surface area contributed by atoms with Gasteiger partial charge in [0.25, 0.3) is 0 Å². The van der Waals surface area contributed by atoms with E-state index in [2.05, 4.69) is 73.1 Å². The van der Waals surface area contributed by atoms with E-state index in [1.165, 1.54) is 148 Å². The largest absolute Gasteiger partial charge is 0.492 e. The third-order valence-corrected chi connectivity index (χ3v) is 11.0. The molecule has 2 nitrogen and oxygen atoms in total. The summed E-state index contributed by atoms with van der Waals surface area (Å²) >= 11 is 3.58. The zero-order valence-electron chi connectivity index (χ0n) is 29.0. The molecule has 2 aliphatic rings. The number of hydrogen-bond donors (Lipinski definition) is 0. The van der Waals surface area contributed by atoms with E-state index in [1.807, 2.05) is 0 Å². The first-order valence-corrected chi connectivity index (χ1v) is 20.5. The second-order valence-electron chi connectivity index (χ2n) is 13.0. The van der Waals surface area contributed by atoms with Gasteiger partial charge in [-0.3, -0.25) is 0 Å². The van der Waals surface area contributed by atoms with Crippen LogP contribution in [-0.4, -0.2) is 13.2 Å². The normalized spacial score (nSPS) is 11.4. The molecule has 0 radical (unpaired) electrons. The molecular weight excluding hydrogens is 601 g/mol. The number of fused-ring (bicyclic) bond motifs is 1. The number of unbranched alkanes of at least 4 members (excludes halogenated alkanes) is 18. The molecule has 0 bridgehead atoms. The zero-order chi connectivity index (χ0) is 32.1. The summed E-state index contributed by atoms with van der Waals surface area (Å²) in [6.07, 6.45) is 26.8. The van der Waals surface area contributed by atoms with E-state index >= 15 is 0 Å². The van der Waals surface area contributed by atoms with E-state index in [-0.39, 0.29) is 0 Å². The van der Waals surface area contributed by atoms with Gasteiger partial charge in [0.2, 0.25) is 0 Å². The van der Waals surface area contributed by atoms with Crippen LogP contribution in [0.25, 0.3) is 32.0 Å². The van der Waals surface area contributed by atoms with Crippen molar-refractivity contribution in [3.8, 4) is 43.5 Å². The van der Waals surface area contributed by atoms with Gasteiger partial charge in [-0.15, -0.1) is 22.7 Å². The van der Waals surface area contributed by atoms with Crippen LogP contribution in [0.1, 0.15) is 142 Å². The number of rotatable bonds is 26. The first-order valence-electron chi connectivity index (χ1n) is 18.8. The molecule has 4 rings (SSSR count). The van der Waals surface area contributed by atoms with Crippen molar-refractivity contribution in [3.05, 3.63) is 59.3 Å². The van der Waals surface area contributed by atoms with Crippen molar-refractivity contribution in [3.63, 3.8) is 0 Å². The summed E-state index contributed by atoms with van der Waals surface area (Å²) in [6.45, 7) is 6.16. The molecule has 2 aromatic heterocycles. The quantitative estimate of drug-likeness (QED) is 0.0624. The van der Waals surface area contributed by atoms with Gasteiger partial charge in [0, 0.05) is 11.1 Å². The van der Waals surface area contributed by atoms with Crippen LogP contribution in [0.15, 0.2) is 59.3 Å². The van der Waals surface area contributed by atoms with Gasteiger partial charge in [0.15, 0.2) is 0 Å². The highest BCUT2D eigenvalue weighted by atomic mass is 32.1. The summed E-state index contributed by atoms with van der Waals surface area (Å²) < 4.78 is 12.8. The van der Waals surface area contributed by atoms with Gasteiger partial charge in [-0.1, -0.05) is 160 Å². The van der Waals surface area contributed by atoms with E-state index in [9.17, 15) is 0 Å². The zero-order valence-corrected chi connectivity index (χ0v) is 30.6. The molecule has 2 heterocycles. The summed E-state index contributed by atoms with van der Waals surface area (Å²) in [5, 5.41) is 4.35. The van der Waals surface area contributed by atoms with Crippen molar-refractivity contribution in [2.24, 2.45) is 0 Å². The van der Waals surface area contributed by atoms with Gasteiger partial charge >= 0.3 is 0 Å². The average molecular weight is 661 g/mol. The third-order valence-electron chi connectivity index (χ3n) is 9.17. The molecule has 0 amide bonds. The SMILES string of the molecule is CCCCCCCCCCCCOc1ccsc1-c1cc(-c2sccc2OCCCCCCCCCCCC)c2cccccc1-2. The summed E-state index contributed by atoms with van der Waals surface area (Å²) in [5.41, 5.74) is 5.09. The van der Waals surface area contributed by atoms with E-state index in [0.717, 1.165) is 37.6 Å². The summed E-state index contributed by atoms with van der Waals surface area (Å²) in [4.78, 5) is 2.47. The molecule has 2 aliphatic carbocycles. The fourth-order valence-corrected chi connectivity index (χ4v) is 8.18. The highest BCUT2D eigenvalue weighted by Crippen LogP contribution is 2.50. The Labute approximate surface area is 289 Å². The lowest BCUT2D eigenvalue weighted by atomic mass is 10.1. The standard InChI is InChI=1S/C42H60O2S2/c1-3-5-7-9-11-13-15-17-19-24-30-43-39-28-32-45-41(39)37-34-38(36-27-23-21-22-26-35(36)37)42-40(29-33-46-42)44-31-25-20-18-16-14-12-10-8-6-4-2/h21-23,26-29,32-34H,3-20,24-25,30-31H2,1-2H3. The Balaban J connectivity index is 1.29. The molecule has 0 N–H and O–H groups in total. The predicted octanol–water partition coefficient (Wildman–Crippen LogP) is 14.8. The predicted molar refractivity (Wildman–Crippen MR) is 204 cm³/mol. The Morgan fingerprint density at radius 3 is 1.17 bits per heavy atom. The van der Waals surface area contributed by atoms with Crippen LogP contribution in [0, 0.1) is 0 Å². The molecule has 46 heavy (non-hydrogen) atoms. The van der Waals surface area contributed by atoms with Crippen LogP contribution in [0.4, 0.5) is 0 Å². The molecule has 0 atom stereocenters. The van der Waals surface area contributed by atoms with Gasteiger partial charge in [-0.25, -0.2) is 0 Å². The van der Waals surface area contributed by atoms with E-state index in [1.54, 1.807) is 22.7 Å². The number of thiophene rings is 2. The summed E-state index contributed by atoms with van der Waals surface area (Å²) in [6, 6.07) is 17.7. The molecule has 0 aromatic carbocycles. The third kappa shape index (κ3) is 12.1. The minimum atomic E-state index is 0.793. The Bertz CT molecular complexity index is 1210. The molecular formula is C42H60O2S2. The van der Waals surface area contributed by atoms with Crippen molar-refractivity contribution in [1.82, 2.24) is 0 Å². The minimum Gasteiger partial charge on any atom is -0.492 e. The molecule has 2 aromatic rings. The van der Waals surface area contributed by atoms with Crippen molar-refractivity contribution in [1.29, 1.82) is 0 Å². The lowest BCUT2D eigenvalue weighted by Gasteiger charge is -2.08. The van der Waals surface area contributed by atoms with E-state index in [4.69, 9.17) is 9.47 Å². The van der Waals surface area contributed by atoms with Gasteiger partial charge in [-0.2, -0.15) is 0 Å². The van der Waals surface area contributed by atoms with Crippen LogP contribution >= 0.6 is 22.7 Å². The Morgan fingerprint density at radius 2 is 0.783 bits per heavy atom. The average Bonchev–Trinajstić information content (AvgIpc) is 3.77. The van der Waals surface area contributed by atoms with Gasteiger partial charge in [0.1, 0.15) is 11.5 Å². The lowest BCUT2D eigenvalue weighted by Crippen LogP contribution is -1.97. The van der Waals surface area contributed by atoms with Crippen molar-refractivity contribution >= 4 is 22.7 Å². The molecule has 0 saturated carbocycles. The van der Waals surface area contributed by atoms with Crippen molar-refractivity contribution in [2.45, 2.75) is 142 Å². The second-order valence-corrected chi connectivity index (χ2v) is 14.8. The molecule has 0 saturated heterocycles. The molecule has 0 fully saturated rings. The highest BCUT2D eigenvalue weighted by molar-refractivity contribution is 7.14. The summed E-state index contributed by atoms with van der Waals surface area (Å²) in [7, 11) is 0. The summed E-state index contributed by atoms with van der Waals surface area (Å²) in [5.74, 6) is 2.05. The van der Waals surface area contributed by atoms with Crippen LogP contribution in [-0.2, 0) is 0 Å². The van der Waals surface area contributed by atoms with Crippen molar-refractivity contribution < 1.29 is 9.47 Å².